The fourth-order valence-electron chi connectivity index (χ4n) is 2.90. The molecule has 28 heavy (non-hydrogen) atoms. The van der Waals surface area contributed by atoms with Crippen LogP contribution in [0.4, 0.5) is 24.5 Å². The summed E-state index contributed by atoms with van der Waals surface area (Å²) in [6, 6.07) is 5.25. The minimum atomic E-state index is -1.31. The molecule has 0 spiro atoms. The summed E-state index contributed by atoms with van der Waals surface area (Å²) in [5, 5.41) is 13.3. The van der Waals surface area contributed by atoms with Gasteiger partial charge in [0, 0.05) is 28.5 Å². The third-order valence-corrected chi connectivity index (χ3v) is 5.40. The Kier molecular flexibility index (Phi) is 5.77. The average molecular weight is 505 g/mol. The highest BCUT2D eigenvalue weighted by Gasteiger charge is 2.40. The lowest BCUT2D eigenvalue weighted by Gasteiger charge is -2.39. The summed E-state index contributed by atoms with van der Waals surface area (Å²) in [5.74, 6) is -4.10. The van der Waals surface area contributed by atoms with Gasteiger partial charge in [-0.2, -0.15) is 0 Å². The van der Waals surface area contributed by atoms with Crippen molar-refractivity contribution in [1.82, 2.24) is 4.90 Å². The first-order chi connectivity index (χ1) is 13.2. The topological polar surface area (TPSA) is 75.5 Å². The molecule has 0 saturated carbocycles. The van der Waals surface area contributed by atoms with Crippen LogP contribution in [0.2, 0.25) is 0 Å². The van der Waals surface area contributed by atoms with E-state index in [0.29, 0.717) is 3.57 Å². The molecular formula is C18H15F3IN3O3. The van der Waals surface area contributed by atoms with Crippen LogP contribution in [0.1, 0.15) is 17.3 Å². The van der Waals surface area contributed by atoms with E-state index >= 15 is 0 Å². The fraction of sp³-hybridized carbons (Fsp3) is 0.278. The Bertz CT molecular complexity index is 951. The number of rotatable bonds is 5. The van der Waals surface area contributed by atoms with Gasteiger partial charge in [-0.15, -0.1) is 0 Å². The summed E-state index contributed by atoms with van der Waals surface area (Å²) in [5.41, 5.74) is -0.762. The van der Waals surface area contributed by atoms with Crippen molar-refractivity contribution in [3.63, 3.8) is 0 Å². The van der Waals surface area contributed by atoms with E-state index in [0.717, 1.165) is 12.1 Å². The van der Waals surface area contributed by atoms with Crippen molar-refractivity contribution < 1.29 is 22.9 Å². The van der Waals surface area contributed by atoms with Crippen LogP contribution in [0.5, 0.6) is 0 Å². The Morgan fingerprint density at radius 2 is 1.93 bits per heavy atom. The molecule has 0 bridgehead atoms. The first-order valence-electron chi connectivity index (χ1n) is 8.32. The number of carbonyl (C=O) groups is 1. The third-order valence-electron chi connectivity index (χ3n) is 4.73. The maximum atomic E-state index is 14.4. The quantitative estimate of drug-likeness (QED) is 0.376. The third kappa shape index (κ3) is 3.91. The van der Waals surface area contributed by atoms with E-state index in [1.165, 1.54) is 24.0 Å². The number of amides is 1. The molecule has 1 heterocycles. The van der Waals surface area contributed by atoms with Crippen LogP contribution in [-0.2, 0) is 0 Å². The van der Waals surface area contributed by atoms with Gasteiger partial charge in [-0.3, -0.25) is 14.9 Å². The van der Waals surface area contributed by atoms with Crippen molar-refractivity contribution in [2.45, 2.75) is 13.0 Å². The second kappa shape index (κ2) is 7.94. The number of carbonyl (C=O) groups excluding carboxylic acids is 1. The molecule has 0 aromatic heterocycles. The highest BCUT2D eigenvalue weighted by Crippen LogP contribution is 2.31. The Balaban J connectivity index is 1.87. The predicted molar refractivity (Wildman–Crippen MR) is 105 cm³/mol. The van der Waals surface area contributed by atoms with Crippen molar-refractivity contribution >= 4 is 39.9 Å². The van der Waals surface area contributed by atoms with Crippen molar-refractivity contribution in [3.8, 4) is 0 Å². The SMILES string of the molecule is CC(C1CN(C(=O)c2ccc(F)c(F)c2Nc2ccc(I)cc2F)C1)[N+](=O)[O-]. The molecule has 1 N–H and O–H groups in total. The number of nitrogens with one attached hydrogen (secondary N) is 1. The van der Waals surface area contributed by atoms with Gasteiger partial charge in [0.05, 0.1) is 22.9 Å². The van der Waals surface area contributed by atoms with Gasteiger partial charge in [0.15, 0.2) is 11.6 Å². The van der Waals surface area contributed by atoms with Crippen LogP contribution < -0.4 is 5.32 Å². The summed E-state index contributed by atoms with van der Waals surface area (Å²) in [7, 11) is 0. The molecule has 1 unspecified atom stereocenters. The number of hydrogen-bond acceptors (Lipinski definition) is 4. The Hall–Kier alpha value is -2.37. The predicted octanol–water partition coefficient (Wildman–Crippen LogP) is 4.19. The van der Waals surface area contributed by atoms with Crippen molar-refractivity contribution in [2.24, 2.45) is 5.92 Å². The number of hydrogen-bond donors (Lipinski definition) is 1. The van der Waals surface area contributed by atoms with E-state index in [1.54, 1.807) is 6.07 Å². The maximum absolute atomic E-state index is 14.4. The van der Waals surface area contributed by atoms with Gasteiger partial charge in [0.25, 0.3) is 5.91 Å². The largest absolute Gasteiger partial charge is 0.350 e. The fourth-order valence-corrected chi connectivity index (χ4v) is 3.36. The highest BCUT2D eigenvalue weighted by atomic mass is 127. The molecule has 2 aromatic rings. The van der Waals surface area contributed by atoms with Crippen LogP contribution in [-0.4, -0.2) is 34.9 Å². The zero-order chi connectivity index (χ0) is 20.6. The van der Waals surface area contributed by atoms with E-state index < -0.39 is 40.0 Å². The van der Waals surface area contributed by atoms with Crippen molar-refractivity contribution in [3.05, 3.63) is 67.0 Å². The monoisotopic (exact) mass is 505 g/mol. The number of anilines is 2. The van der Waals surface area contributed by atoms with Gasteiger partial charge in [0.2, 0.25) is 6.04 Å². The molecule has 1 aliphatic heterocycles. The summed E-state index contributed by atoms with van der Waals surface area (Å²) in [6.45, 7) is 1.73. The van der Waals surface area contributed by atoms with Crippen LogP contribution in [0.15, 0.2) is 30.3 Å². The standard InChI is InChI=1S/C18H15F3IN3O3/c1-9(25(27)28)10-7-24(8-10)18(26)12-3-4-13(19)16(21)17(12)23-15-5-2-11(22)6-14(15)20/h2-6,9-10,23H,7-8H2,1H3. The Morgan fingerprint density at radius 3 is 2.54 bits per heavy atom. The number of nitrogens with zero attached hydrogens (tertiary/aromatic N) is 2. The van der Waals surface area contributed by atoms with Gasteiger partial charge in [-0.05, 0) is 52.9 Å². The van der Waals surface area contributed by atoms with Crippen molar-refractivity contribution in [2.75, 3.05) is 18.4 Å². The zero-order valence-corrected chi connectivity index (χ0v) is 16.7. The highest BCUT2D eigenvalue weighted by molar-refractivity contribution is 14.1. The number of nitro groups is 1. The number of halogens is 4. The summed E-state index contributed by atoms with van der Waals surface area (Å²) in [4.78, 5) is 24.4. The van der Waals surface area contributed by atoms with Gasteiger partial charge < -0.3 is 10.2 Å². The summed E-state index contributed by atoms with van der Waals surface area (Å²) >= 11 is 1.90. The average Bonchev–Trinajstić information content (AvgIpc) is 2.59. The van der Waals surface area contributed by atoms with Crippen LogP contribution in [0, 0.1) is 37.1 Å². The summed E-state index contributed by atoms with van der Waals surface area (Å²) < 4.78 is 42.9. The van der Waals surface area contributed by atoms with Gasteiger partial charge in [0.1, 0.15) is 5.82 Å². The van der Waals surface area contributed by atoms with E-state index in [-0.39, 0.29) is 30.3 Å². The van der Waals surface area contributed by atoms with E-state index in [9.17, 15) is 28.1 Å². The number of likely N-dealkylation sites (tertiary alicyclic amines) is 1. The molecule has 148 valence electrons. The minimum Gasteiger partial charge on any atom is -0.350 e. The molecule has 1 aliphatic rings. The Morgan fingerprint density at radius 1 is 1.25 bits per heavy atom. The minimum absolute atomic E-state index is 0.109. The second-order valence-corrected chi connectivity index (χ2v) is 7.77. The molecule has 1 atom stereocenters. The normalized spacial score (nSPS) is 15.1. The van der Waals surface area contributed by atoms with Gasteiger partial charge >= 0.3 is 0 Å². The van der Waals surface area contributed by atoms with E-state index in [1.807, 2.05) is 22.6 Å². The lowest BCUT2D eigenvalue weighted by molar-refractivity contribution is -0.530. The summed E-state index contributed by atoms with van der Waals surface area (Å²) in [6.07, 6.45) is 0. The molecule has 1 fully saturated rings. The smallest absolute Gasteiger partial charge is 0.256 e. The molecular weight excluding hydrogens is 490 g/mol. The van der Waals surface area contributed by atoms with Crippen LogP contribution in [0.3, 0.4) is 0 Å². The molecule has 1 amide bonds. The molecule has 0 aliphatic carbocycles. The maximum Gasteiger partial charge on any atom is 0.256 e. The zero-order valence-electron chi connectivity index (χ0n) is 14.6. The van der Waals surface area contributed by atoms with Crippen molar-refractivity contribution in [1.29, 1.82) is 0 Å². The second-order valence-electron chi connectivity index (χ2n) is 6.53. The van der Waals surface area contributed by atoms with E-state index in [4.69, 9.17) is 0 Å². The molecule has 0 radical (unpaired) electrons. The lowest BCUT2D eigenvalue weighted by atomic mass is 9.92. The van der Waals surface area contributed by atoms with Gasteiger partial charge in [-0.25, -0.2) is 13.2 Å². The molecule has 10 heteroatoms. The molecule has 2 aromatic carbocycles. The molecule has 1 saturated heterocycles. The first-order valence-corrected chi connectivity index (χ1v) is 9.39. The van der Waals surface area contributed by atoms with Gasteiger partial charge in [-0.1, -0.05) is 0 Å². The van der Waals surface area contributed by atoms with Crippen LogP contribution in [0.25, 0.3) is 0 Å². The molecule has 6 nitrogen and oxygen atoms in total. The van der Waals surface area contributed by atoms with E-state index in [2.05, 4.69) is 5.32 Å². The Labute approximate surface area is 172 Å². The first kappa shape index (κ1) is 20.4. The number of benzene rings is 2. The van der Waals surface area contributed by atoms with Crippen LogP contribution >= 0.6 is 22.6 Å². The lowest BCUT2D eigenvalue weighted by Crippen LogP contribution is -2.55. The molecule has 3 rings (SSSR count).